The second-order valence-corrected chi connectivity index (χ2v) is 0.400. The zero-order valence-corrected chi connectivity index (χ0v) is 2.42. The van der Waals surface area contributed by atoms with E-state index < -0.39 is 7.55 Å². The summed E-state index contributed by atoms with van der Waals surface area (Å²) in [5.41, 5.74) is 0. The molecule has 5 heavy (non-hydrogen) atoms. The molecule has 0 aliphatic rings. The van der Waals surface area contributed by atoms with Crippen LogP contribution >= 0.6 is 0 Å². The largest absolute Gasteiger partial charge is 0.502 e. The molecule has 0 spiro atoms. The summed E-state index contributed by atoms with van der Waals surface area (Å²) in [4.78, 5) is 17.7. The highest BCUT2D eigenvalue weighted by Crippen LogP contribution is 1.55. The Bertz CT molecular complexity index is 36.9. The summed E-state index contributed by atoms with van der Waals surface area (Å²) in [6.07, 6.45) is 0. The number of rotatable bonds is 2. The summed E-state index contributed by atoms with van der Waals surface area (Å²) >= 11 is 0. The van der Waals surface area contributed by atoms with Crippen LogP contribution in [0.5, 0.6) is 0 Å². The van der Waals surface area contributed by atoms with Crippen LogP contribution < -0.4 is 0 Å². The van der Waals surface area contributed by atoms with Crippen LogP contribution in [0.2, 0.25) is 0 Å². The molecule has 4 nitrogen and oxygen atoms in total. The molecule has 0 heterocycles. The third kappa shape index (κ3) is 3.26. The van der Waals surface area contributed by atoms with Crippen molar-refractivity contribution in [1.82, 2.24) is 0 Å². The highest BCUT2D eigenvalue weighted by molar-refractivity contribution is 6.30. The third-order valence-corrected chi connectivity index (χ3v) is 0.115. The number of nitrogens with zero attached hydrogens (tertiary/aromatic N) is 2. The predicted molar refractivity (Wildman–Crippen MR) is 18.7 cm³/mol. The van der Waals surface area contributed by atoms with Gasteiger partial charge in [0.2, 0.25) is 0 Å². The summed E-state index contributed by atoms with van der Waals surface area (Å²) in [5.74, 6) is 0. The first-order valence-corrected chi connectivity index (χ1v) is 0.998. The van der Waals surface area contributed by atoms with Crippen molar-refractivity contribution < 1.29 is 0 Å². The maximum absolute atomic E-state index is 8.86. The van der Waals surface area contributed by atoms with Crippen LogP contribution in [0.25, 0.3) is 0 Å². The Labute approximate surface area is 28.8 Å². The lowest BCUT2D eigenvalue weighted by molar-refractivity contribution is 1.65. The van der Waals surface area contributed by atoms with Gasteiger partial charge in [-0.05, 0) is 0 Å². The van der Waals surface area contributed by atoms with Crippen LogP contribution in [-0.2, 0) is 0 Å². The Hall–Kier alpha value is -0.735. The van der Waals surface area contributed by atoms with Crippen molar-refractivity contribution in [3.8, 4) is 0 Å². The van der Waals surface area contributed by atoms with Gasteiger partial charge >= 0.3 is 7.55 Å². The van der Waals surface area contributed by atoms with Crippen molar-refractivity contribution in [2.24, 2.45) is 10.2 Å². The SMILES string of the molecule is O=NBN=O. The molecular weight excluding hydrogens is 70.8 g/mol. The number of hydrogen-bond donors (Lipinski definition) is 0. The summed E-state index contributed by atoms with van der Waals surface area (Å²) in [7, 11) is -0.472. The van der Waals surface area contributed by atoms with Crippen LogP contribution in [0.3, 0.4) is 0 Å². The van der Waals surface area contributed by atoms with E-state index in [-0.39, 0.29) is 0 Å². The Balaban J connectivity index is 2.65. The van der Waals surface area contributed by atoms with Crippen molar-refractivity contribution in [2.45, 2.75) is 0 Å². The van der Waals surface area contributed by atoms with Gasteiger partial charge in [-0.3, -0.25) is 0 Å². The Morgan fingerprint density at radius 2 is 1.60 bits per heavy atom. The van der Waals surface area contributed by atoms with Gasteiger partial charge in [0.25, 0.3) is 0 Å². The minimum Gasteiger partial charge on any atom is -0.165 e. The molecule has 0 saturated heterocycles. The molecule has 5 heteroatoms. The lowest BCUT2D eigenvalue weighted by atomic mass is 10.3. The van der Waals surface area contributed by atoms with Crippen LogP contribution in [0.4, 0.5) is 0 Å². The molecule has 0 aromatic rings. The maximum atomic E-state index is 8.86. The average molecular weight is 71.8 g/mol. The second-order valence-electron chi connectivity index (χ2n) is 0.400. The molecular formula is HBN2O2. The first-order valence-electron chi connectivity index (χ1n) is 0.998. The van der Waals surface area contributed by atoms with E-state index in [1.807, 2.05) is 0 Å². The second kappa shape index (κ2) is 3.26. The third-order valence-electron chi connectivity index (χ3n) is 0.115. The molecule has 0 bridgehead atoms. The monoisotopic (exact) mass is 72.0 g/mol. The Kier molecular flexibility index (Phi) is 2.78. The van der Waals surface area contributed by atoms with Gasteiger partial charge in [-0.15, -0.1) is 10.2 Å². The van der Waals surface area contributed by atoms with Gasteiger partial charge in [-0.25, -0.2) is 0 Å². The molecule has 0 saturated carbocycles. The van der Waals surface area contributed by atoms with Gasteiger partial charge < -0.3 is 0 Å². The molecule has 0 aromatic carbocycles. The topological polar surface area (TPSA) is 58.9 Å². The fourth-order valence-corrected chi connectivity index (χ4v) is 0.0236. The van der Waals surface area contributed by atoms with Crippen molar-refractivity contribution in [3.63, 3.8) is 0 Å². The summed E-state index contributed by atoms with van der Waals surface area (Å²) < 4.78 is 0. The quantitative estimate of drug-likeness (QED) is 0.334. The zero-order chi connectivity index (χ0) is 4.12. The molecule has 0 atom stereocenters. The van der Waals surface area contributed by atoms with E-state index in [1.54, 1.807) is 0 Å². The molecule has 0 rings (SSSR count). The molecule has 0 aliphatic heterocycles. The van der Waals surface area contributed by atoms with Crippen LogP contribution in [-0.4, -0.2) is 7.55 Å². The first-order chi connectivity index (χ1) is 2.41. The first kappa shape index (κ1) is 4.26. The summed E-state index contributed by atoms with van der Waals surface area (Å²) in [6.45, 7) is 0. The van der Waals surface area contributed by atoms with Crippen molar-refractivity contribution in [3.05, 3.63) is 9.81 Å². The standard InChI is InChI=1S/BHN2O2/c4-2-1-3-5/h1H. The van der Waals surface area contributed by atoms with Gasteiger partial charge in [0, 0.05) is 0 Å². The van der Waals surface area contributed by atoms with Crippen LogP contribution in [0.15, 0.2) is 10.2 Å². The van der Waals surface area contributed by atoms with Gasteiger partial charge in [0.05, 0.1) is 0 Å². The van der Waals surface area contributed by atoms with Gasteiger partial charge in [-0.1, -0.05) is 0 Å². The molecule has 0 fully saturated rings. The maximum Gasteiger partial charge on any atom is 0.502 e. The van der Waals surface area contributed by atoms with Gasteiger partial charge in [0.15, 0.2) is 0 Å². The number of hydrogen-bond acceptors (Lipinski definition) is 4. The van der Waals surface area contributed by atoms with Crippen molar-refractivity contribution in [1.29, 1.82) is 0 Å². The fourth-order valence-electron chi connectivity index (χ4n) is 0.0236. The molecule has 0 aromatic heterocycles. The normalized spacial score (nSPS) is 5.60. The lowest BCUT2D eigenvalue weighted by Gasteiger charge is -1.49. The summed E-state index contributed by atoms with van der Waals surface area (Å²) in [5, 5.41) is 4.25. The van der Waals surface area contributed by atoms with E-state index in [0.29, 0.717) is 0 Å². The Morgan fingerprint density at radius 1 is 1.20 bits per heavy atom. The van der Waals surface area contributed by atoms with Gasteiger partial charge in [-0.2, -0.15) is 9.81 Å². The fraction of sp³-hybridized carbons (Fsp3) is 0. The van der Waals surface area contributed by atoms with Crippen LogP contribution in [0.1, 0.15) is 0 Å². The molecule has 0 amide bonds. The molecule has 0 aliphatic carbocycles. The highest BCUT2D eigenvalue weighted by atomic mass is 16.3. The molecule has 0 unspecified atom stereocenters. The van der Waals surface area contributed by atoms with E-state index in [0.717, 1.165) is 0 Å². The highest BCUT2D eigenvalue weighted by Gasteiger charge is 1.75. The van der Waals surface area contributed by atoms with E-state index in [2.05, 4.69) is 10.2 Å². The lowest BCUT2D eigenvalue weighted by Crippen LogP contribution is -1.67. The smallest absolute Gasteiger partial charge is 0.165 e. The van der Waals surface area contributed by atoms with E-state index in [4.69, 9.17) is 9.81 Å². The van der Waals surface area contributed by atoms with E-state index in [1.165, 1.54) is 0 Å². The minimum atomic E-state index is -0.472. The summed E-state index contributed by atoms with van der Waals surface area (Å²) in [6, 6.07) is 0. The van der Waals surface area contributed by atoms with E-state index >= 15 is 0 Å². The molecule has 0 N–H and O–H groups in total. The minimum absolute atomic E-state index is 0.472. The molecule has 26 valence electrons. The predicted octanol–water partition coefficient (Wildman–Crippen LogP) is -0.214. The van der Waals surface area contributed by atoms with Crippen molar-refractivity contribution in [2.75, 3.05) is 0 Å². The Morgan fingerprint density at radius 3 is 1.60 bits per heavy atom. The number of nitroso groups, excluding NO2 is 2. The molecule has 0 radical (unpaired) electrons. The van der Waals surface area contributed by atoms with Crippen LogP contribution in [0, 0.1) is 9.81 Å². The average Bonchev–Trinajstić information content (AvgIpc) is 1.41. The zero-order valence-electron chi connectivity index (χ0n) is 2.42. The van der Waals surface area contributed by atoms with Gasteiger partial charge in [0.1, 0.15) is 0 Å². The van der Waals surface area contributed by atoms with Crippen molar-refractivity contribution >= 4 is 7.55 Å². The van der Waals surface area contributed by atoms with E-state index in [9.17, 15) is 0 Å².